The first kappa shape index (κ1) is 14.3. The molecule has 0 aromatic heterocycles. The molecular formula is C14H7N3O6. The minimum atomic E-state index is -0.662. The predicted molar refractivity (Wildman–Crippen MR) is 81.4 cm³/mol. The highest BCUT2D eigenvalue weighted by Crippen LogP contribution is 2.38. The summed E-state index contributed by atoms with van der Waals surface area (Å²) in [7, 11) is 0. The Morgan fingerprint density at radius 2 is 1.30 bits per heavy atom. The minimum absolute atomic E-state index is 0.0668. The molecule has 23 heavy (non-hydrogen) atoms. The lowest BCUT2D eigenvalue weighted by Gasteiger charge is -2.06. The van der Waals surface area contributed by atoms with Gasteiger partial charge in [-0.1, -0.05) is 12.1 Å². The number of benzene rings is 3. The normalized spacial score (nSPS) is 10.8. The molecule has 0 amide bonds. The molecule has 0 unspecified atom stereocenters. The second kappa shape index (κ2) is 4.98. The van der Waals surface area contributed by atoms with Crippen molar-refractivity contribution in [3.8, 4) is 0 Å². The van der Waals surface area contributed by atoms with Crippen molar-refractivity contribution >= 4 is 38.6 Å². The second-order valence-electron chi connectivity index (χ2n) is 4.77. The van der Waals surface area contributed by atoms with E-state index < -0.39 is 14.8 Å². The van der Waals surface area contributed by atoms with Crippen LogP contribution in [0.25, 0.3) is 21.5 Å². The first-order valence-electron chi connectivity index (χ1n) is 6.33. The standard InChI is InChI=1S/C14H7N3O6/c18-15(19)8-4-5-10-11(6-8)9-2-1-3-13(16(20)21)12(9)7-14(10)17(22)23/h1-7H. The molecular weight excluding hydrogens is 306 g/mol. The van der Waals surface area contributed by atoms with Crippen LogP contribution in [-0.4, -0.2) is 14.8 Å². The SMILES string of the molecule is O=[N+]([O-])c1ccc2c([N+](=O)[O-])cc3c([N+](=O)[O-])cccc3c2c1. The molecule has 0 aliphatic carbocycles. The molecule has 0 aliphatic heterocycles. The Hall–Kier alpha value is -3.62. The zero-order valence-corrected chi connectivity index (χ0v) is 11.3. The number of nitro groups is 3. The van der Waals surface area contributed by atoms with Gasteiger partial charge in [-0.3, -0.25) is 30.3 Å². The molecule has 0 saturated carbocycles. The molecule has 0 atom stereocenters. The number of fused-ring (bicyclic) bond motifs is 3. The number of nitrogens with zero attached hydrogens (tertiary/aromatic N) is 3. The number of hydrogen-bond acceptors (Lipinski definition) is 6. The van der Waals surface area contributed by atoms with E-state index in [0.717, 1.165) is 6.07 Å². The summed E-state index contributed by atoms with van der Waals surface area (Å²) in [5.74, 6) is 0. The number of nitro benzene ring substituents is 3. The summed E-state index contributed by atoms with van der Waals surface area (Å²) in [6.45, 7) is 0. The van der Waals surface area contributed by atoms with Crippen LogP contribution in [0.2, 0.25) is 0 Å². The van der Waals surface area contributed by atoms with Gasteiger partial charge in [0.2, 0.25) is 0 Å². The Kier molecular flexibility index (Phi) is 3.10. The lowest BCUT2D eigenvalue weighted by Crippen LogP contribution is -1.95. The summed E-state index contributed by atoms with van der Waals surface area (Å²) in [4.78, 5) is 31.4. The van der Waals surface area contributed by atoms with Gasteiger partial charge in [-0.25, -0.2) is 0 Å². The van der Waals surface area contributed by atoms with Crippen LogP contribution in [0.1, 0.15) is 0 Å². The highest BCUT2D eigenvalue weighted by molar-refractivity contribution is 6.14. The maximum absolute atomic E-state index is 11.3. The van der Waals surface area contributed by atoms with Crippen molar-refractivity contribution in [2.45, 2.75) is 0 Å². The van der Waals surface area contributed by atoms with E-state index in [-0.39, 0.29) is 33.2 Å². The summed E-state index contributed by atoms with van der Waals surface area (Å²) in [6.07, 6.45) is 0. The van der Waals surface area contributed by atoms with Gasteiger partial charge < -0.3 is 0 Å². The van der Waals surface area contributed by atoms with E-state index >= 15 is 0 Å². The Labute approximate surface area is 127 Å². The molecule has 0 bridgehead atoms. The average molecular weight is 313 g/mol. The van der Waals surface area contributed by atoms with Gasteiger partial charge in [0.05, 0.1) is 25.5 Å². The third-order valence-corrected chi connectivity index (χ3v) is 3.54. The van der Waals surface area contributed by atoms with Gasteiger partial charge in [-0.2, -0.15) is 0 Å². The summed E-state index contributed by atoms with van der Waals surface area (Å²) in [6, 6.07) is 8.97. The van der Waals surface area contributed by atoms with Gasteiger partial charge in [0.1, 0.15) is 0 Å². The van der Waals surface area contributed by atoms with Crippen LogP contribution in [0, 0.1) is 30.3 Å². The molecule has 3 aromatic rings. The smallest absolute Gasteiger partial charge is 0.258 e. The van der Waals surface area contributed by atoms with Crippen molar-refractivity contribution in [1.29, 1.82) is 0 Å². The zero-order valence-electron chi connectivity index (χ0n) is 11.3. The molecule has 0 aliphatic rings. The van der Waals surface area contributed by atoms with Crippen LogP contribution < -0.4 is 0 Å². The van der Waals surface area contributed by atoms with E-state index in [9.17, 15) is 30.3 Å². The molecule has 9 nitrogen and oxygen atoms in total. The van der Waals surface area contributed by atoms with Crippen LogP contribution in [0.5, 0.6) is 0 Å². The lowest BCUT2D eigenvalue weighted by molar-refractivity contribution is -0.385. The molecule has 0 spiro atoms. The molecule has 9 heteroatoms. The van der Waals surface area contributed by atoms with E-state index in [0.29, 0.717) is 5.39 Å². The Morgan fingerprint density at radius 3 is 1.91 bits per heavy atom. The van der Waals surface area contributed by atoms with Gasteiger partial charge in [-0.05, 0) is 11.5 Å². The monoisotopic (exact) mass is 313 g/mol. The van der Waals surface area contributed by atoms with Crippen molar-refractivity contribution in [3.05, 3.63) is 72.8 Å². The average Bonchev–Trinajstić information content (AvgIpc) is 2.52. The molecule has 0 saturated heterocycles. The van der Waals surface area contributed by atoms with E-state index in [4.69, 9.17) is 0 Å². The molecule has 0 heterocycles. The third-order valence-electron chi connectivity index (χ3n) is 3.54. The number of hydrogen-bond donors (Lipinski definition) is 0. The molecule has 3 aromatic carbocycles. The van der Waals surface area contributed by atoms with E-state index in [1.807, 2.05) is 0 Å². The fourth-order valence-corrected chi connectivity index (χ4v) is 2.56. The first-order valence-corrected chi connectivity index (χ1v) is 6.33. The van der Waals surface area contributed by atoms with Crippen molar-refractivity contribution in [1.82, 2.24) is 0 Å². The van der Waals surface area contributed by atoms with E-state index in [1.54, 1.807) is 0 Å². The van der Waals surface area contributed by atoms with Gasteiger partial charge in [0.25, 0.3) is 17.1 Å². The first-order chi connectivity index (χ1) is 10.9. The fourth-order valence-electron chi connectivity index (χ4n) is 2.56. The van der Waals surface area contributed by atoms with Crippen LogP contribution >= 0.6 is 0 Å². The quantitative estimate of drug-likeness (QED) is 0.411. The van der Waals surface area contributed by atoms with Gasteiger partial charge >= 0.3 is 0 Å². The molecule has 0 fully saturated rings. The van der Waals surface area contributed by atoms with Crippen LogP contribution in [-0.2, 0) is 0 Å². The summed E-state index contributed by atoms with van der Waals surface area (Å²) >= 11 is 0. The van der Waals surface area contributed by atoms with Crippen LogP contribution in [0.3, 0.4) is 0 Å². The summed E-state index contributed by atoms with van der Waals surface area (Å²) in [5, 5.41) is 34.2. The molecule has 3 rings (SSSR count). The third kappa shape index (κ3) is 2.20. The van der Waals surface area contributed by atoms with Crippen molar-refractivity contribution in [2.75, 3.05) is 0 Å². The van der Waals surface area contributed by atoms with Gasteiger partial charge in [0.15, 0.2) is 0 Å². The summed E-state index contributed by atoms with van der Waals surface area (Å²) < 4.78 is 0. The van der Waals surface area contributed by atoms with Gasteiger partial charge in [0, 0.05) is 29.7 Å². The van der Waals surface area contributed by atoms with Gasteiger partial charge in [-0.15, -0.1) is 0 Å². The molecule has 114 valence electrons. The fraction of sp³-hybridized carbons (Fsp3) is 0. The molecule has 0 N–H and O–H groups in total. The van der Waals surface area contributed by atoms with Crippen LogP contribution in [0.4, 0.5) is 17.1 Å². The Morgan fingerprint density at radius 1 is 0.609 bits per heavy atom. The number of rotatable bonds is 3. The van der Waals surface area contributed by atoms with Crippen molar-refractivity contribution in [2.24, 2.45) is 0 Å². The summed E-state index contributed by atoms with van der Waals surface area (Å²) in [5.41, 5.74) is -0.874. The van der Waals surface area contributed by atoms with Crippen molar-refractivity contribution in [3.63, 3.8) is 0 Å². The second-order valence-corrected chi connectivity index (χ2v) is 4.77. The van der Waals surface area contributed by atoms with Crippen LogP contribution in [0.15, 0.2) is 42.5 Å². The zero-order chi connectivity index (χ0) is 16.7. The van der Waals surface area contributed by atoms with Crippen molar-refractivity contribution < 1.29 is 14.8 Å². The van der Waals surface area contributed by atoms with E-state index in [2.05, 4.69) is 0 Å². The minimum Gasteiger partial charge on any atom is -0.258 e. The Bertz CT molecular complexity index is 1010. The molecule has 0 radical (unpaired) electrons. The number of non-ortho nitro benzene ring substituents is 3. The van der Waals surface area contributed by atoms with E-state index in [1.165, 1.54) is 36.4 Å². The largest absolute Gasteiger partial charge is 0.278 e. The predicted octanol–water partition coefficient (Wildman–Crippen LogP) is 3.72. The highest BCUT2D eigenvalue weighted by atomic mass is 16.6. The highest BCUT2D eigenvalue weighted by Gasteiger charge is 2.22. The lowest BCUT2D eigenvalue weighted by atomic mass is 9.99. The topological polar surface area (TPSA) is 129 Å². The maximum Gasteiger partial charge on any atom is 0.278 e. The Balaban J connectivity index is 2.56. The maximum atomic E-state index is 11.3.